The van der Waals surface area contributed by atoms with Crippen LogP contribution in [-0.4, -0.2) is 39.8 Å². The third-order valence-electron chi connectivity index (χ3n) is 4.85. The maximum atomic E-state index is 11.9. The number of carbonyl (C=O) groups excluding carboxylic acids is 1. The van der Waals surface area contributed by atoms with E-state index in [2.05, 4.69) is 20.2 Å². The summed E-state index contributed by atoms with van der Waals surface area (Å²) in [6.45, 7) is 3.16. The molecule has 1 aliphatic heterocycles. The first-order valence-electron chi connectivity index (χ1n) is 8.84. The summed E-state index contributed by atoms with van der Waals surface area (Å²) in [5.41, 5.74) is 1.87. The van der Waals surface area contributed by atoms with Crippen LogP contribution in [-0.2, 0) is 11.3 Å². The topological polar surface area (TPSA) is 94.5 Å². The molecule has 0 N–H and O–H groups in total. The number of methoxy groups -OCH3 is 1. The number of hydrogen-bond acceptors (Lipinski definition) is 8. The number of esters is 1. The van der Waals surface area contributed by atoms with Gasteiger partial charge in [-0.05, 0) is 26.3 Å². The Morgan fingerprint density at radius 2 is 2.07 bits per heavy atom. The molecular formula is C19H20N4O4. The molecule has 0 spiro atoms. The Bertz CT molecular complexity index is 934. The molecule has 1 aliphatic rings. The van der Waals surface area contributed by atoms with E-state index in [-0.39, 0.29) is 11.7 Å². The Kier molecular flexibility index (Phi) is 4.72. The van der Waals surface area contributed by atoms with Gasteiger partial charge in [-0.2, -0.15) is 4.98 Å². The van der Waals surface area contributed by atoms with Crippen molar-refractivity contribution in [2.75, 3.05) is 13.7 Å². The van der Waals surface area contributed by atoms with Crippen LogP contribution in [0.5, 0.6) is 0 Å². The van der Waals surface area contributed by atoms with Gasteiger partial charge in [-0.25, -0.2) is 4.79 Å². The van der Waals surface area contributed by atoms with Gasteiger partial charge in [0.1, 0.15) is 5.76 Å². The van der Waals surface area contributed by atoms with Crippen LogP contribution >= 0.6 is 0 Å². The molecule has 0 amide bonds. The molecule has 27 heavy (non-hydrogen) atoms. The van der Waals surface area contributed by atoms with Crippen molar-refractivity contribution in [2.24, 2.45) is 0 Å². The second kappa shape index (κ2) is 7.32. The van der Waals surface area contributed by atoms with E-state index in [4.69, 9.17) is 13.8 Å². The quantitative estimate of drug-likeness (QED) is 0.634. The van der Waals surface area contributed by atoms with E-state index in [0.29, 0.717) is 24.0 Å². The molecule has 1 aromatic carbocycles. The largest absolute Gasteiger partial charge is 0.464 e. The number of likely N-dealkylation sites (tertiary alicyclic amines) is 1. The maximum absolute atomic E-state index is 11.9. The van der Waals surface area contributed by atoms with Crippen LogP contribution in [0.1, 0.15) is 46.6 Å². The normalized spacial score (nSPS) is 17.3. The van der Waals surface area contributed by atoms with Crippen LogP contribution < -0.4 is 0 Å². The van der Waals surface area contributed by atoms with Gasteiger partial charge in [0, 0.05) is 17.7 Å². The van der Waals surface area contributed by atoms with E-state index in [1.807, 2.05) is 30.3 Å². The fourth-order valence-corrected chi connectivity index (χ4v) is 3.41. The van der Waals surface area contributed by atoms with Gasteiger partial charge in [0.25, 0.3) is 0 Å². The van der Waals surface area contributed by atoms with Crippen molar-refractivity contribution in [1.82, 2.24) is 20.2 Å². The molecule has 0 saturated carbocycles. The molecule has 8 heteroatoms. The number of aryl methyl sites for hydroxylation is 1. The van der Waals surface area contributed by atoms with E-state index in [1.54, 1.807) is 6.92 Å². The molecule has 0 unspecified atom stereocenters. The average molecular weight is 368 g/mol. The molecule has 1 atom stereocenters. The van der Waals surface area contributed by atoms with Gasteiger partial charge in [0.05, 0.1) is 13.2 Å². The Morgan fingerprint density at radius 1 is 1.26 bits per heavy atom. The number of aromatic nitrogens is 3. The minimum atomic E-state index is -0.498. The Morgan fingerprint density at radius 3 is 2.85 bits per heavy atom. The summed E-state index contributed by atoms with van der Waals surface area (Å²) in [5, 5.41) is 7.96. The number of ether oxygens (including phenoxy) is 1. The molecule has 3 heterocycles. The third kappa shape index (κ3) is 3.35. The van der Waals surface area contributed by atoms with Gasteiger partial charge in [-0.15, -0.1) is 0 Å². The van der Waals surface area contributed by atoms with Crippen molar-refractivity contribution in [2.45, 2.75) is 32.4 Å². The second-order valence-electron chi connectivity index (χ2n) is 6.51. The lowest BCUT2D eigenvalue weighted by molar-refractivity contribution is 0.0586. The summed E-state index contributed by atoms with van der Waals surface area (Å²) in [6, 6.07) is 9.72. The lowest BCUT2D eigenvalue weighted by Crippen LogP contribution is -2.24. The van der Waals surface area contributed by atoms with Gasteiger partial charge in [0.15, 0.2) is 5.69 Å². The Labute approximate surface area is 156 Å². The molecule has 1 fully saturated rings. The summed E-state index contributed by atoms with van der Waals surface area (Å²) in [5.74, 6) is 1.27. The molecule has 8 nitrogen and oxygen atoms in total. The zero-order valence-electron chi connectivity index (χ0n) is 15.2. The fourth-order valence-electron chi connectivity index (χ4n) is 3.41. The van der Waals surface area contributed by atoms with Crippen molar-refractivity contribution >= 4 is 5.97 Å². The van der Waals surface area contributed by atoms with Gasteiger partial charge >= 0.3 is 5.97 Å². The molecule has 2 aromatic heterocycles. The molecule has 1 saturated heterocycles. The van der Waals surface area contributed by atoms with Gasteiger partial charge in [-0.1, -0.05) is 40.6 Å². The summed E-state index contributed by atoms with van der Waals surface area (Å²) < 4.78 is 15.5. The minimum absolute atomic E-state index is 0.00485. The summed E-state index contributed by atoms with van der Waals surface area (Å²) in [4.78, 5) is 18.7. The van der Waals surface area contributed by atoms with Crippen LogP contribution in [0.25, 0.3) is 11.4 Å². The zero-order valence-corrected chi connectivity index (χ0v) is 15.2. The molecule has 0 aliphatic carbocycles. The van der Waals surface area contributed by atoms with Crippen molar-refractivity contribution < 1.29 is 18.6 Å². The fraction of sp³-hybridized carbons (Fsp3) is 0.368. The maximum Gasteiger partial charge on any atom is 0.360 e. The summed E-state index contributed by atoms with van der Waals surface area (Å²) in [7, 11) is 1.33. The molecular weight excluding hydrogens is 348 g/mol. The number of rotatable bonds is 5. The van der Waals surface area contributed by atoms with Crippen LogP contribution in [0.3, 0.4) is 0 Å². The Balaban J connectivity index is 1.57. The lowest BCUT2D eigenvalue weighted by Gasteiger charge is -2.21. The van der Waals surface area contributed by atoms with E-state index in [1.165, 1.54) is 7.11 Å². The van der Waals surface area contributed by atoms with E-state index < -0.39 is 5.97 Å². The van der Waals surface area contributed by atoms with Crippen molar-refractivity contribution in [3.8, 4) is 11.4 Å². The van der Waals surface area contributed by atoms with Gasteiger partial charge in [0.2, 0.25) is 11.7 Å². The molecule has 4 rings (SSSR count). The average Bonchev–Trinajstić information content (AvgIpc) is 3.43. The SMILES string of the molecule is COC(=O)c1noc(C)c1CN1CCC[C@H]1c1nc(-c2ccccc2)no1. The highest BCUT2D eigenvalue weighted by molar-refractivity contribution is 5.88. The van der Waals surface area contributed by atoms with Crippen molar-refractivity contribution in [1.29, 1.82) is 0 Å². The lowest BCUT2D eigenvalue weighted by atomic mass is 10.1. The van der Waals surface area contributed by atoms with Crippen LogP contribution in [0, 0.1) is 6.92 Å². The predicted molar refractivity (Wildman–Crippen MR) is 94.7 cm³/mol. The first kappa shape index (κ1) is 17.4. The van der Waals surface area contributed by atoms with Gasteiger partial charge < -0.3 is 13.8 Å². The van der Waals surface area contributed by atoms with E-state index >= 15 is 0 Å². The first-order chi connectivity index (χ1) is 13.2. The van der Waals surface area contributed by atoms with Gasteiger partial charge in [-0.3, -0.25) is 4.90 Å². The number of benzene rings is 1. The Hall–Kier alpha value is -3.00. The number of nitrogens with zero attached hydrogens (tertiary/aromatic N) is 4. The van der Waals surface area contributed by atoms with E-state index in [0.717, 1.165) is 30.5 Å². The van der Waals surface area contributed by atoms with Crippen molar-refractivity contribution in [3.05, 3.63) is 53.2 Å². The highest BCUT2D eigenvalue weighted by atomic mass is 16.5. The highest BCUT2D eigenvalue weighted by Crippen LogP contribution is 2.34. The molecule has 0 radical (unpaired) electrons. The van der Waals surface area contributed by atoms with Crippen LogP contribution in [0.15, 0.2) is 39.4 Å². The zero-order chi connectivity index (χ0) is 18.8. The summed E-state index contributed by atoms with van der Waals surface area (Å²) >= 11 is 0. The standard InChI is InChI=1S/C19H20N4O4/c1-12-14(16(21-26-12)19(24)25-2)11-23-10-6-9-15(23)18-20-17(22-27-18)13-7-4-3-5-8-13/h3-5,7-8,15H,6,9-11H2,1-2H3/t15-/m0/s1. The second-order valence-corrected chi connectivity index (χ2v) is 6.51. The molecule has 140 valence electrons. The first-order valence-corrected chi connectivity index (χ1v) is 8.84. The molecule has 3 aromatic rings. The monoisotopic (exact) mass is 368 g/mol. The number of hydrogen-bond donors (Lipinski definition) is 0. The van der Waals surface area contributed by atoms with E-state index in [9.17, 15) is 4.79 Å². The highest BCUT2D eigenvalue weighted by Gasteiger charge is 2.33. The van der Waals surface area contributed by atoms with Crippen LogP contribution in [0.4, 0.5) is 0 Å². The summed E-state index contributed by atoms with van der Waals surface area (Å²) in [6.07, 6.45) is 1.92. The van der Waals surface area contributed by atoms with Crippen LogP contribution in [0.2, 0.25) is 0 Å². The predicted octanol–water partition coefficient (Wildman–Crippen LogP) is 3.16. The minimum Gasteiger partial charge on any atom is -0.464 e. The molecule has 0 bridgehead atoms. The van der Waals surface area contributed by atoms with Crippen molar-refractivity contribution in [3.63, 3.8) is 0 Å². The number of carbonyl (C=O) groups is 1. The third-order valence-corrected chi connectivity index (χ3v) is 4.85. The smallest absolute Gasteiger partial charge is 0.360 e.